The average Bonchev–Trinajstić information content (AvgIpc) is 2.61. The van der Waals surface area contributed by atoms with E-state index in [1.54, 1.807) is 0 Å². The van der Waals surface area contributed by atoms with Crippen LogP contribution in [0.15, 0.2) is 24.3 Å². The van der Waals surface area contributed by atoms with Crippen molar-refractivity contribution in [1.82, 2.24) is 15.5 Å². The van der Waals surface area contributed by atoms with Crippen LogP contribution in [0.1, 0.15) is 38.8 Å². The summed E-state index contributed by atoms with van der Waals surface area (Å²) in [6.07, 6.45) is 0.966. The molecule has 27 heavy (non-hydrogen) atoms. The Hall–Kier alpha value is -1.79. The molecule has 6 heteroatoms. The van der Waals surface area contributed by atoms with Gasteiger partial charge in [-0.25, -0.2) is 4.79 Å². The highest BCUT2D eigenvalue weighted by Crippen LogP contribution is 2.20. The molecule has 2 rings (SSSR count). The number of benzene rings is 1. The topological polar surface area (TPSA) is 56.8 Å². The van der Waals surface area contributed by atoms with Gasteiger partial charge in [0, 0.05) is 31.4 Å². The van der Waals surface area contributed by atoms with E-state index in [1.165, 1.54) is 5.69 Å². The number of ether oxygens (including phenoxy) is 1. The number of hydrogen-bond acceptors (Lipinski definition) is 4. The summed E-state index contributed by atoms with van der Waals surface area (Å²) in [5.74, 6) is 0.542. The highest BCUT2D eigenvalue weighted by atomic mass is 16.5. The van der Waals surface area contributed by atoms with Gasteiger partial charge in [0.25, 0.3) is 0 Å². The first-order valence-corrected chi connectivity index (χ1v) is 9.99. The third kappa shape index (κ3) is 7.39. The Bertz CT molecular complexity index is 558. The molecule has 2 atom stereocenters. The first-order valence-electron chi connectivity index (χ1n) is 9.99. The van der Waals surface area contributed by atoms with Crippen molar-refractivity contribution in [2.24, 2.45) is 5.92 Å². The number of hydrogen-bond donors (Lipinski definition) is 2. The summed E-state index contributed by atoms with van der Waals surface area (Å²) in [5.41, 5.74) is 2.32. The second-order valence-electron chi connectivity index (χ2n) is 8.12. The van der Waals surface area contributed by atoms with Crippen LogP contribution < -0.4 is 15.5 Å². The molecule has 0 bridgehead atoms. The Kier molecular flexibility index (Phi) is 8.38. The summed E-state index contributed by atoms with van der Waals surface area (Å²) < 4.78 is 5.41. The van der Waals surface area contributed by atoms with E-state index in [-0.39, 0.29) is 18.1 Å². The lowest BCUT2D eigenvalue weighted by Gasteiger charge is -2.29. The second-order valence-corrected chi connectivity index (χ2v) is 8.12. The molecule has 0 spiro atoms. The highest BCUT2D eigenvalue weighted by molar-refractivity contribution is 5.74. The summed E-state index contributed by atoms with van der Waals surface area (Å²) >= 11 is 0. The maximum atomic E-state index is 12.5. The van der Waals surface area contributed by atoms with Gasteiger partial charge in [0.1, 0.15) is 0 Å². The smallest absolute Gasteiger partial charge is 0.315 e. The third-order valence-electron chi connectivity index (χ3n) is 4.79. The van der Waals surface area contributed by atoms with Crippen LogP contribution in [0.3, 0.4) is 0 Å². The predicted molar refractivity (Wildman–Crippen MR) is 111 cm³/mol. The zero-order valence-corrected chi connectivity index (χ0v) is 17.5. The molecule has 1 saturated heterocycles. The number of anilines is 1. The molecule has 2 amide bonds. The lowest BCUT2D eigenvalue weighted by Crippen LogP contribution is -2.47. The highest BCUT2D eigenvalue weighted by Gasteiger charge is 2.17. The van der Waals surface area contributed by atoms with E-state index < -0.39 is 0 Å². The number of carbonyl (C=O) groups excluding carboxylic acids is 1. The molecule has 1 heterocycles. The molecule has 2 N–H and O–H groups in total. The van der Waals surface area contributed by atoms with E-state index in [0.717, 1.165) is 44.8 Å². The molecule has 152 valence electrons. The minimum Gasteiger partial charge on any atom is -0.378 e. The molecule has 1 fully saturated rings. The van der Waals surface area contributed by atoms with Crippen LogP contribution in [0.2, 0.25) is 0 Å². The van der Waals surface area contributed by atoms with Crippen molar-refractivity contribution in [2.45, 2.75) is 39.3 Å². The molecule has 0 aliphatic carbocycles. The van der Waals surface area contributed by atoms with Crippen LogP contribution in [0.25, 0.3) is 0 Å². The largest absolute Gasteiger partial charge is 0.378 e. The SMILES string of the molecule is CC(C)CC(CN(C)C)NC(=O)NC(C)c1ccc(N2CCOCC2)cc1. The Labute approximate surface area is 164 Å². The zero-order valence-electron chi connectivity index (χ0n) is 17.5. The van der Waals surface area contributed by atoms with Crippen molar-refractivity contribution in [3.63, 3.8) is 0 Å². The summed E-state index contributed by atoms with van der Waals surface area (Å²) in [6.45, 7) is 10.6. The summed E-state index contributed by atoms with van der Waals surface area (Å²) in [4.78, 5) is 16.9. The molecule has 1 aliphatic rings. The van der Waals surface area contributed by atoms with Crippen LogP contribution in [0, 0.1) is 5.92 Å². The van der Waals surface area contributed by atoms with Gasteiger partial charge in [-0.1, -0.05) is 26.0 Å². The number of amides is 2. The van der Waals surface area contributed by atoms with Gasteiger partial charge in [0.05, 0.1) is 19.3 Å². The Morgan fingerprint density at radius 3 is 2.30 bits per heavy atom. The van der Waals surface area contributed by atoms with Crippen LogP contribution in [-0.2, 0) is 4.74 Å². The molecule has 0 radical (unpaired) electrons. The fourth-order valence-electron chi connectivity index (χ4n) is 3.49. The number of nitrogens with zero attached hydrogens (tertiary/aromatic N) is 2. The van der Waals surface area contributed by atoms with Gasteiger partial charge in [-0.3, -0.25) is 0 Å². The van der Waals surface area contributed by atoms with E-state index in [1.807, 2.05) is 21.0 Å². The van der Waals surface area contributed by atoms with Crippen molar-refractivity contribution in [2.75, 3.05) is 51.8 Å². The number of carbonyl (C=O) groups is 1. The van der Waals surface area contributed by atoms with Crippen LogP contribution in [0.4, 0.5) is 10.5 Å². The molecular weight excluding hydrogens is 340 g/mol. The minimum absolute atomic E-state index is 0.0391. The number of likely N-dealkylation sites (N-methyl/N-ethyl adjacent to an activating group) is 1. The van der Waals surface area contributed by atoms with Crippen LogP contribution in [-0.4, -0.2) is 63.9 Å². The summed E-state index contributed by atoms with van der Waals surface area (Å²) in [6, 6.07) is 8.46. The van der Waals surface area contributed by atoms with Gasteiger partial charge >= 0.3 is 6.03 Å². The van der Waals surface area contributed by atoms with Gasteiger partial charge in [0.2, 0.25) is 0 Å². The van der Waals surface area contributed by atoms with E-state index in [4.69, 9.17) is 4.74 Å². The van der Waals surface area contributed by atoms with Crippen molar-refractivity contribution in [3.8, 4) is 0 Å². The van der Waals surface area contributed by atoms with Crippen molar-refractivity contribution in [3.05, 3.63) is 29.8 Å². The van der Waals surface area contributed by atoms with Gasteiger partial charge in [0.15, 0.2) is 0 Å². The van der Waals surface area contributed by atoms with Crippen molar-refractivity contribution in [1.29, 1.82) is 0 Å². The monoisotopic (exact) mass is 376 g/mol. The van der Waals surface area contributed by atoms with E-state index in [9.17, 15) is 4.79 Å². The van der Waals surface area contributed by atoms with Crippen molar-refractivity contribution >= 4 is 11.7 Å². The normalized spacial score (nSPS) is 17.1. The third-order valence-corrected chi connectivity index (χ3v) is 4.79. The quantitative estimate of drug-likeness (QED) is 0.733. The van der Waals surface area contributed by atoms with Crippen LogP contribution in [0.5, 0.6) is 0 Å². The van der Waals surface area contributed by atoms with E-state index in [2.05, 4.69) is 58.5 Å². The van der Waals surface area contributed by atoms with E-state index >= 15 is 0 Å². The minimum atomic E-state index is -0.104. The summed E-state index contributed by atoms with van der Waals surface area (Å²) in [5, 5.41) is 6.20. The lowest BCUT2D eigenvalue weighted by molar-refractivity contribution is 0.122. The molecule has 1 aromatic carbocycles. The average molecular weight is 377 g/mol. The number of rotatable bonds is 8. The van der Waals surface area contributed by atoms with E-state index in [0.29, 0.717) is 5.92 Å². The van der Waals surface area contributed by atoms with Crippen LogP contribution >= 0.6 is 0 Å². The zero-order chi connectivity index (χ0) is 19.8. The molecule has 1 aliphatic heterocycles. The molecule has 6 nitrogen and oxygen atoms in total. The van der Waals surface area contributed by atoms with Crippen molar-refractivity contribution < 1.29 is 9.53 Å². The fraction of sp³-hybridized carbons (Fsp3) is 0.667. The number of urea groups is 1. The predicted octanol–water partition coefficient (Wildman–Crippen LogP) is 2.86. The Balaban J connectivity index is 1.88. The molecule has 0 saturated carbocycles. The molecular formula is C21H36N4O2. The standard InChI is InChI=1S/C21H36N4O2/c1-16(2)14-19(15-24(4)5)23-21(26)22-17(3)18-6-8-20(9-7-18)25-10-12-27-13-11-25/h6-9,16-17,19H,10-15H2,1-5H3,(H2,22,23,26). The number of nitrogens with one attached hydrogen (secondary N) is 2. The Morgan fingerprint density at radius 1 is 1.11 bits per heavy atom. The maximum absolute atomic E-state index is 12.5. The first-order chi connectivity index (χ1) is 12.8. The molecule has 0 aromatic heterocycles. The summed E-state index contributed by atoms with van der Waals surface area (Å²) in [7, 11) is 4.07. The maximum Gasteiger partial charge on any atom is 0.315 e. The molecule has 1 aromatic rings. The first kappa shape index (κ1) is 21.5. The molecule has 2 unspecified atom stereocenters. The van der Waals surface area contributed by atoms with Gasteiger partial charge in [-0.05, 0) is 51.1 Å². The van der Waals surface area contributed by atoms with Gasteiger partial charge < -0.3 is 25.2 Å². The lowest BCUT2D eigenvalue weighted by atomic mass is 10.0. The second kappa shape index (κ2) is 10.5. The van der Waals surface area contributed by atoms with Gasteiger partial charge in [-0.2, -0.15) is 0 Å². The Morgan fingerprint density at radius 2 is 1.74 bits per heavy atom. The van der Waals surface area contributed by atoms with Gasteiger partial charge in [-0.15, -0.1) is 0 Å². The number of morpholine rings is 1. The fourth-order valence-corrected chi connectivity index (χ4v) is 3.49.